The molecule has 2 aromatic carbocycles. The standard InChI is InChI=1S/C20H20N2O4S/c1-14(23)21-17(12-15-8-4-3-5-9-15)20(25)26-13-19(24)22-16-10-6-7-11-18(16)27-2/h3-12H,13H2,1-2H3,(H,21,23)(H,22,24)/b17-12+. The van der Waals surface area contributed by atoms with Crippen LogP contribution in [0.4, 0.5) is 5.69 Å². The number of hydrogen-bond donors (Lipinski definition) is 2. The minimum absolute atomic E-state index is 0.0361. The van der Waals surface area contributed by atoms with Crippen LogP contribution >= 0.6 is 11.8 Å². The van der Waals surface area contributed by atoms with E-state index in [4.69, 9.17) is 4.74 Å². The summed E-state index contributed by atoms with van der Waals surface area (Å²) in [5, 5.41) is 5.13. The van der Waals surface area contributed by atoms with Crippen molar-refractivity contribution in [2.45, 2.75) is 11.8 Å². The quantitative estimate of drug-likeness (QED) is 0.435. The number of thioether (sulfide) groups is 1. The first-order chi connectivity index (χ1) is 13.0. The minimum Gasteiger partial charge on any atom is -0.451 e. The van der Waals surface area contributed by atoms with Gasteiger partial charge in [-0.15, -0.1) is 11.8 Å². The van der Waals surface area contributed by atoms with E-state index in [2.05, 4.69) is 10.6 Å². The maximum absolute atomic E-state index is 12.3. The summed E-state index contributed by atoms with van der Waals surface area (Å²) in [7, 11) is 0. The van der Waals surface area contributed by atoms with E-state index in [1.165, 1.54) is 24.8 Å². The Hall–Kier alpha value is -3.06. The molecule has 0 aromatic heterocycles. The first kappa shape index (κ1) is 20.3. The molecule has 0 saturated heterocycles. The number of amides is 2. The summed E-state index contributed by atoms with van der Waals surface area (Å²) in [5.74, 6) is -1.67. The van der Waals surface area contributed by atoms with Crippen molar-refractivity contribution >= 4 is 41.3 Å². The van der Waals surface area contributed by atoms with Crippen LogP contribution in [0.1, 0.15) is 12.5 Å². The van der Waals surface area contributed by atoms with Crippen LogP contribution in [0.3, 0.4) is 0 Å². The highest BCUT2D eigenvalue weighted by molar-refractivity contribution is 7.98. The predicted octanol–water partition coefficient (Wildman–Crippen LogP) is 3.07. The molecule has 27 heavy (non-hydrogen) atoms. The maximum Gasteiger partial charge on any atom is 0.355 e. The largest absolute Gasteiger partial charge is 0.451 e. The van der Waals surface area contributed by atoms with Crippen LogP contribution in [-0.2, 0) is 19.1 Å². The third-order valence-corrected chi connectivity index (χ3v) is 4.15. The molecule has 7 heteroatoms. The number of ether oxygens (including phenoxy) is 1. The molecular weight excluding hydrogens is 364 g/mol. The molecule has 2 rings (SSSR count). The van der Waals surface area contributed by atoms with E-state index in [-0.39, 0.29) is 5.70 Å². The Bertz CT molecular complexity index is 850. The monoisotopic (exact) mass is 384 g/mol. The van der Waals surface area contributed by atoms with Gasteiger partial charge in [-0.3, -0.25) is 9.59 Å². The summed E-state index contributed by atoms with van der Waals surface area (Å²) in [4.78, 5) is 36.6. The van der Waals surface area contributed by atoms with E-state index in [9.17, 15) is 14.4 Å². The fourth-order valence-corrected chi connectivity index (χ4v) is 2.75. The Morgan fingerprint density at radius 1 is 1.04 bits per heavy atom. The van der Waals surface area contributed by atoms with Gasteiger partial charge >= 0.3 is 5.97 Å². The highest BCUT2D eigenvalue weighted by Gasteiger charge is 2.15. The van der Waals surface area contributed by atoms with Crippen LogP contribution in [-0.4, -0.2) is 30.6 Å². The van der Waals surface area contributed by atoms with Crippen molar-refractivity contribution in [3.05, 3.63) is 65.9 Å². The normalized spacial score (nSPS) is 10.8. The molecule has 0 saturated carbocycles. The van der Waals surface area contributed by atoms with Gasteiger partial charge < -0.3 is 15.4 Å². The van der Waals surface area contributed by atoms with Crippen molar-refractivity contribution in [1.29, 1.82) is 0 Å². The molecule has 0 aliphatic rings. The maximum atomic E-state index is 12.3. The number of rotatable bonds is 7. The summed E-state index contributed by atoms with van der Waals surface area (Å²) in [5.41, 5.74) is 1.33. The number of benzene rings is 2. The van der Waals surface area contributed by atoms with Gasteiger partial charge in [-0.05, 0) is 30.0 Å². The molecular formula is C20H20N2O4S. The Labute approximate surface area is 162 Å². The van der Waals surface area contributed by atoms with Gasteiger partial charge in [0.15, 0.2) is 6.61 Å². The lowest BCUT2D eigenvalue weighted by Gasteiger charge is -2.11. The number of nitrogens with one attached hydrogen (secondary N) is 2. The zero-order chi connectivity index (χ0) is 19.6. The zero-order valence-electron chi connectivity index (χ0n) is 15.0. The smallest absolute Gasteiger partial charge is 0.355 e. The Morgan fingerprint density at radius 2 is 1.70 bits per heavy atom. The predicted molar refractivity (Wildman–Crippen MR) is 106 cm³/mol. The number of anilines is 1. The molecule has 2 amide bonds. The number of hydrogen-bond acceptors (Lipinski definition) is 5. The molecule has 140 valence electrons. The van der Waals surface area contributed by atoms with Gasteiger partial charge in [0.1, 0.15) is 5.70 Å². The lowest BCUT2D eigenvalue weighted by Crippen LogP contribution is -2.29. The Balaban J connectivity index is 2.01. The van der Waals surface area contributed by atoms with Crippen molar-refractivity contribution in [1.82, 2.24) is 5.32 Å². The molecule has 0 aliphatic carbocycles. The van der Waals surface area contributed by atoms with Crippen molar-refractivity contribution in [2.75, 3.05) is 18.2 Å². The summed E-state index contributed by atoms with van der Waals surface area (Å²) in [6.07, 6.45) is 3.39. The van der Waals surface area contributed by atoms with Gasteiger partial charge in [0.05, 0.1) is 5.69 Å². The second kappa shape index (κ2) is 10.2. The number of carbonyl (C=O) groups is 3. The fraction of sp³-hybridized carbons (Fsp3) is 0.150. The summed E-state index contributed by atoms with van der Waals surface area (Å²) in [6.45, 7) is 0.825. The molecule has 0 fully saturated rings. The van der Waals surface area contributed by atoms with E-state index in [1.807, 2.05) is 24.5 Å². The van der Waals surface area contributed by atoms with E-state index >= 15 is 0 Å². The lowest BCUT2D eigenvalue weighted by molar-refractivity contribution is -0.144. The molecule has 0 bridgehead atoms. The average molecular weight is 384 g/mol. The zero-order valence-corrected chi connectivity index (χ0v) is 15.8. The Kier molecular flexibility index (Phi) is 7.63. The molecule has 2 aromatic rings. The third-order valence-electron chi connectivity index (χ3n) is 3.36. The van der Waals surface area contributed by atoms with Crippen molar-refractivity contribution in [2.24, 2.45) is 0 Å². The topological polar surface area (TPSA) is 84.5 Å². The average Bonchev–Trinajstić information content (AvgIpc) is 2.66. The summed E-state index contributed by atoms with van der Waals surface area (Å²) < 4.78 is 5.04. The van der Waals surface area contributed by atoms with E-state index in [0.29, 0.717) is 5.69 Å². The van der Waals surface area contributed by atoms with E-state index in [1.54, 1.807) is 36.4 Å². The molecule has 0 heterocycles. The van der Waals surface area contributed by atoms with Crippen LogP contribution in [0.15, 0.2) is 65.2 Å². The third kappa shape index (κ3) is 6.63. The number of para-hydroxylation sites is 1. The highest BCUT2D eigenvalue weighted by Crippen LogP contribution is 2.24. The van der Waals surface area contributed by atoms with Gasteiger partial charge in [-0.1, -0.05) is 42.5 Å². The lowest BCUT2D eigenvalue weighted by atomic mass is 10.2. The van der Waals surface area contributed by atoms with E-state index in [0.717, 1.165) is 10.5 Å². The van der Waals surface area contributed by atoms with Crippen LogP contribution in [0.5, 0.6) is 0 Å². The van der Waals surface area contributed by atoms with Crippen molar-refractivity contribution in [3.8, 4) is 0 Å². The van der Waals surface area contributed by atoms with Crippen LogP contribution in [0.25, 0.3) is 6.08 Å². The van der Waals surface area contributed by atoms with Gasteiger partial charge in [-0.2, -0.15) is 0 Å². The molecule has 0 radical (unpaired) electrons. The first-order valence-electron chi connectivity index (χ1n) is 8.14. The molecule has 0 aliphatic heterocycles. The van der Waals surface area contributed by atoms with Crippen molar-refractivity contribution < 1.29 is 19.1 Å². The number of esters is 1. The molecule has 0 atom stereocenters. The Morgan fingerprint density at radius 3 is 2.37 bits per heavy atom. The second-order valence-electron chi connectivity index (χ2n) is 5.47. The number of carbonyl (C=O) groups excluding carboxylic acids is 3. The second-order valence-corrected chi connectivity index (χ2v) is 6.32. The van der Waals surface area contributed by atoms with Gasteiger partial charge in [0, 0.05) is 11.8 Å². The first-order valence-corrected chi connectivity index (χ1v) is 9.36. The van der Waals surface area contributed by atoms with Crippen LogP contribution in [0, 0.1) is 0 Å². The minimum atomic E-state index is -0.789. The molecule has 2 N–H and O–H groups in total. The molecule has 6 nitrogen and oxygen atoms in total. The van der Waals surface area contributed by atoms with E-state index < -0.39 is 24.4 Å². The van der Waals surface area contributed by atoms with Crippen LogP contribution < -0.4 is 10.6 Å². The summed E-state index contributed by atoms with van der Waals surface area (Å²) in [6, 6.07) is 16.3. The van der Waals surface area contributed by atoms with Gasteiger partial charge in [0.25, 0.3) is 5.91 Å². The SMILES string of the molecule is CSc1ccccc1NC(=O)COC(=O)/C(=C\c1ccccc1)NC(C)=O. The molecule has 0 spiro atoms. The van der Waals surface area contributed by atoms with Crippen molar-refractivity contribution in [3.63, 3.8) is 0 Å². The highest BCUT2D eigenvalue weighted by atomic mass is 32.2. The summed E-state index contributed by atoms with van der Waals surface area (Å²) >= 11 is 1.50. The van der Waals surface area contributed by atoms with Gasteiger partial charge in [0.2, 0.25) is 5.91 Å². The fourth-order valence-electron chi connectivity index (χ4n) is 2.19. The van der Waals surface area contributed by atoms with Crippen LogP contribution in [0.2, 0.25) is 0 Å². The van der Waals surface area contributed by atoms with Gasteiger partial charge in [-0.25, -0.2) is 4.79 Å². The molecule has 0 unspecified atom stereocenters.